The fraction of sp³-hybridized carbons (Fsp3) is 0.455. The van der Waals surface area contributed by atoms with Crippen molar-refractivity contribution in [2.45, 2.75) is 23.1 Å². The van der Waals surface area contributed by atoms with Crippen LogP contribution in [0.15, 0.2) is 23.1 Å². The van der Waals surface area contributed by atoms with Crippen LogP contribution in [0.25, 0.3) is 0 Å². The van der Waals surface area contributed by atoms with Gasteiger partial charge in [0.15, 0.2) is 9.84 Å². The third kappa shape index (κ3) is 1.71. The van der Waals surface area contributed by atoms with Crippen molar-refractivity contribution in [2.24, 2.45) is 0 Å². The van der Waals surface area contributed by atoms with Crippen LogP contribution in [0.5, 0.6) is 0 Å². The molecule has 0 fully saturated rings. The van der Waals surface area contributed by atoms with Crippen LogP contribution >= 0.6 is 0 Å². The lowest BCUT2D eigenvalue weighted by atomic mass is 10.1. The zero-order valence-electron chi connectivity index (χ0n) is 9.59. The van der Waals surface area contributed by atoms with E-state index in [1.165, 1.54) is 12.1 Å². The third-order valence-electron chi connectivity index (χ3n) is 3.34. The summed E-state index contributed by atoms with van der Waals surface area (Å²) in [5.74, 6) is -0.591. The first-order chi connectivity index (χ1) is 7.89. The molecule has 2 rings (SSSR count). The van der Waals surface area contributed by atoms with Crippen molar-refractivity contribution in [3.63, 3.8) is 0 Å². The highest BCUT2D eigenvalue weighted by molar-refractivity contribution is 7.92. The van der Waals surface area contributed by atoms with Crippen molar-refractivity contribution >= 4 is 15.5 Å². The fourth-order valence-corrected chi connectivity index (χ4v) is 4.15. The smallest absolute Gasteiger partial charge is 0.187 e. The van der Waals surface area contributed by atoms with Gasteiger partial charge in [-0.05, 0) is 25.1 Å². The van der Waals surface area contributed by atoms with Crippen molar-refractivity contribution in [1.29, 1.82) is 0 Å². The summed E-state index contributed by atoms with van der Waals surface area (Å²) in [4.78, 5) is 1.70. The monoisotopic (exact) mass is 259 g/mol. The van der Waals surface area contributed by atoms with E-state index in [9.17, 15) is 17.9 Å². The van der Waals surface area contributed by atoms with Crippen molar-refractivity contribution in [2.75, 3.05) is 18.6 Å². The molecule has 0 bridgehead atoms. The standard InChI is InChI=1S/C11H14FNO3S/c1-7-11(6-14)17(15,16)10-5-8(12)3-4-9(10)13(7)2/h3-5,7,11,14H,6H2,1-2H3. The van der Waals surface area contributed by atoms with Gasteiger partial charge in [-0.25, -0.2) is 12.8 Å². The molecule has 1 N–H and O–H groups in total. The Balaban J connectivity index is 2.71. The Labute approximate surface area is 99.6 Å². The molecule has 0 amide bonds. The minimum atomic E-state index is -3.67. The topological polar surface area (TPSA) is 57.6 Å². The van der Waals surface area contributed by atoms with Gasteiger partial charge >= 0.3 is 0 Å². The fourth-order valence-electron chi connectivity index (χ4n) is 2.15. The maximum atomic E-state index is 13.1. The van der Waals surface area contributed by atoms with Crippen LogP contribution in [0.4, 0.5) is 10.1 Å². The van der Waals surface area contributed by atoms with E-state index >= 15 is 0 Å². The predicted octanol–water partition coefficient (Wildman–Crippen LogP) is 0.799. The van der Waals surface area contributed by atoms with Crippen LogP contribution < -0.4 is 4.90 Å². The lowest BCUT2D eigenvalue weighted by Gasteiger charge is -2.38. The minimum Gasteiger partial charge on any atom is -0.395 e. The zero-order valence-corrected chi connectivity index (χ0v) is 10.4. The van der Waals surface area contributed by atoms with Gasteiger partial charge in [0.05, 0.1) is 17.2 Å². The number of fused-ring (bicyclic) bond motifs is 1. The number of benzene rings is 1. The van der Waals surface area contributed by atoms with E-state index in [4.69, 9.17) is 0 Å². The van der Waals surface area contributed by atoms with Gasteiger partial charge in [-0.3, -0.25) is 0 Å². The molecule has 1 aromatic rings. The van der Waals surface area contributed by atoms with Gasteiger partial charge in [-0.2, -0.15) is 0 Å². The van der Waals surface area contributed by atoms with Crippen LogP contribution in [0.2, 0.25) is 0 Å². The van der Waals surface area contributed by atoms with Crippen LogP contribution in [-0.2, 0) is 9.84 Å². The number of hydrogen-bond acceptors (Lipinski definition) is 4. The summed E-state index contributed by atoms with van der Waals surface area (Å²) >= 11 is 0. The van der Waals surface area contributed by atoms with Crippen LogP contribution in [0.3, 0.4) is 0 Å². The number of aliphatic hydroxyl groups excluding tert-OH is 1. The molecule has 1 aliphatic rings. The quantitative estimate of drug-likeness (QED) is 0.810. The predicted molar refractivity (Wildman–Crippen MR) is 62.3 cm³/mol. The number of anilines is 1. The summed E-state index contributed by atoms with van der Waals surface area (Å²) in [5, 5.41) is 8.30. The van der Waals surface area contributed by atoms with E-state index in [-0.39, 0.29) is 10.9 Å². The van der Waals surface area contributed by atoms with E-state index in [0.29, 0.717) is 5.69 Å². The molecule has 0 radical (unpaired) electrons. The summed E-state index contributed by atoms with van der Waals surface area (Å²) in [6.07, 6.45) is 0. The van der Waals surface area contributed by atoms with Crippen LogP contribution in [-0.4, -0.2) is 38.5 Å². The Morgan fingerprint density at radius 3 is 2.71 bits per heavy atom. The molecule has 1 aliphatic heterocycles. The van der Waals surface area contributed by atoms with E-state index < -0.39 is 27.5 Å². The Morgan fingerprint density at radius 1 is 1.47 bits per heavy atom. The number of hydrogen-bond donors (Lipinski definition) is 1. The van der Waals surface area contributed by atoms with Gasteiger partial charge in [0.1, 0.15) is 11.1 Å². The Hall–Kier alpha value is -1.14. The summed E-state index contributed by atoms with van der Waals surface area (Å²) < 4.78 is 37.5. The summed E-state index contributed by atoms with van der Waals surface area (Å²) in [6.45, 7) is 1.26. The van der Waals surface area contributed by atoms with E-state index in [2.05, 4.69) is 0 Å². The second kappa shape index (κ2) is 3.96. The maximum absolute atomic E-state index is 13.1. The molecular weight excluding hydrogens is 245 g/mol. The molecule has 94 valence electrons. The molecule has 2 unspecified atom stereocenters. The highest BCUT2D eigenvalue weighted by Crippen LogP contribution is 2.36. The lowest BCUT2D eigenvalue weighted by Crippen LogP contribution is -2.49. The number of aliphatic hydroxyl groups is 1. The highest BCUT2D eigenvalue weighted by atomic mass is 32.2. The summed E-state index contributed by atoms with van der Waals surface area (Å²) in [7, 11) is -1.93. The number of nitrogens with zero attached hydrogens (tertiary/aromatic N) is 1. The maximum Gasteiger partial charge on any atom is 0.187 e. The Bertz CT molecular complexity index is 544. The van der Waals surface area contributed by atoms with Crippen molar-refractivity contribution < 1.29 is 17.9 Å². The van der Waals surface area contributed by atoms with E-state index in [0.717, 1.165) is 6.07 Å². The third-order valence-corrected chi connectivity index (χ3v) is 5.62. The Kier molecular flexibility index (Phi) is 2.87. The van der Waals surface area contributed by atoms with Crippen molar-refractivity contribution in [3.05, 3.63) is 24.0 Å². The summed E-state index contributed by atoms with van der Waals surface area (Å²) in [5.41, 5.74) is 0.476. The van der Waals surface area contributed by atoms with Crippen molar-refractivity contribution in [1.82, 2.24) is 0 Å². The first kappa shape index (κ1) is 12.3. The molecule has 2 atom stereocenters. The van der Waals surface area contributed by atoms with Gasteiger partial charge in [-0.1, -0.05) is 0 Å². The zero-order chi connectivity index (χ0) is 12.8. The van der Waals surface area contributed by atoms with E-state index in [1.54, 1.807) is 18.9 Å². The van der Waals surface area contributed by atoms with Crippen molar-refractivity contribution in [3.8, 4) is 0 Å². The Morgan fingerprint density at radius 2 is 2.12 bits per heavy atom. The molecule has 1 heterocycles. The SMILES string of the molecule is CC1C(CO)S(=O)(=O)c2cc(F)ccc2N1C. The molecule has 0 saturated heterocycles. The summed E-state index contributed by atoms with van der Waals surface area (Å²) in [6, 6.07) is 3.35. The van der Waals surface area contributed by atoms with Gasteiger partial charge in [0, 0.05) is 13.1 Å². The number of rotatable bonds is 1. The second-order valence-corrected chi connectivity index (χ2v) is 6.36. The normalized spacial score (nSPS) is 26.7. The van der Waals surface area contributed by atoms with Crippen LogP contribution in [0.1, 0.15) is 6.92 Å². The van der Waals surface area contributed by atoms with Gasteiger partial charge in [0.2, 0.25) is 0 Å². The first-order valence-electron chi connectivity index (χ1n) is 5.26. The first-order valence-corrected chi connectivity index (χ1v) is 6.81. The number of halogens is 1. The molecular formula is C11H14FNO3S. The minimum absolute atomic E-state index is 0.0443. The molecule has 4 nitrogen and oxygen atoms in total. The molecule has 1 aromatic carbocycles. The lowest BCUT2D eigenvalue weighted by molar-refractivity contribution is 0.276. The average molecular weight is 259 g/mol. The molecule has 0 aliphatic carbocycles. The molecule has 0 saturated carbocycles. The molecule has 0 spiro atoms. The number of sulfone groups is 1. The van der Waals surface area contributed by atoms with Gasteiger partial charge in [0.25, 0.3) is 0 Å². The largest absolute Gasteiger partial charge is 0.395 e. The molecule has 17 heavy (non-hydrogen) atoms. The van der Waals surface area contributed by atoms with Crippen LogP contribution in [0, 0.1) is 5.82 Å². The second-order valence-electron chi connectivity index (χ2n) is 4.23. The van der Waals surface area contributed by atoms with E-state index in [1.807, 2.05) is 0 Å². The van der Waals surface area contributed by atoms with Gasteiger partial charge < -0.3 is 10.0 Å². The highest BCUT2D eigenvalue weighted by Gasteiger charge is 2.41. The molecule has 0 aromatic heterocycles. The van der Waals surface area contributed by atoms with Gasteiger partial charge in [-0.15, -0.1) is 0 Å². The average Bonchev–Trinajstić information content (AvgIpc) is 2.27. The molecule has 6 heteroatoms.